The molecule has 4 heteroatoms. The molecule has 0 aliphatic carbocycles. The van der Waals surface area contributed by atoms with Crippen LogP contribution in [-0.2, 0) is 0 Å². The van der Waals surface area contributed by atoms with Gasteiger partial charge in [0.2, 0.25) is 0 Å². The molecule has 0 amide bonds. The van der Waals surface area contributed by atoms with Gasteiger partial charge in [-0.1, -0.05) is 6.07 Å². The van der Waals surface area contributed by atoms with Crippen molar-refractivity contribution in [3.63, 3.8) is 0 Å². The zero-order valence-corrected chi connectivity index (χ0v) is 12.5. The van der Waals surface area contributed by atoms with Crippen molar-refractivity contribution in [1.82, 2.24) is 5.32 Å². The predicted octanol–water partition coefficient (Wildman–Crippen LogP) is 3.85. The van der Waals surface area contributed by atoms with Crippen LogP contribution in [-0.4, -0.2) is 13.2 Å². The van der Waals surface area contributed by atoms with Gasteiger partial charge in [0.1, 0.15) is 5.76 Å². The van der Waals surface area contributed by atoms with E-state index >= 15 is 0 Å². The summed E-state index contributed by atoms with van der Waals surface area (Å²) < 4.78 is 16.8. The molecule has 1 aromatic carbocycles. The van der Waals surface area contributed by atoms with Crippen molar-refractivity contribution in [2.24, 2.45) is 0 Å². The van der Waals surface area contributed by atoms with Gasteiger partial charge in [0.15, 0.2) is 11.5 Å². The molecule has 112 valence electrons. The molecule has 0 fully saturated rings. The summed E-state index contributed by atoms with van der Waals surface area (Å²) in [6, 6.07) is 10.4. The minimum atomic E-state index is 0.158. The molecule has 1 aromatic heterocycles. The first kappa shape index (κ1) is 14.0. The van der Waals surface area contributed by atoms with Crippen LogP contribution < -0.4 is 14.8 Å². The monoisotopic (exact) mass is 287 g/mol. The minimum absolute atomic E-state index is 0.158. The summed E-state index contributed by atoms with van der Waals surface area (Å²) >= 11 is 0. The van der Waals surface area contributed by atoms with E-state index in [0.29, 0.717) is 6.61 Å². The zero-order chi connectivity index (χ0) is 14.7. The van der Waals surface area contributed by atoms with Crippen LogP contribution >= 0.6 is 0 Å². The van der Waals surface area contributed by atoms with Crippen LogP contribution in [0, 0.1) is 0 Å². The van der Waals surface area contributed by atoms with Crippen molar-refractivity contribution in [3.8, 4) is 11.5 Å². The molecule has 0 saturated heterocycles. The van der Waals surface area contributed by atoms with Gasteiger partial charge in [0, 0.05) is 12.5 Å². The molecule has 2 heterocycles. The molecule has 0 saturated carbocycles. The average Bonchev–Trinajstić information content (AvgIpc) is 2.92. The quantitative estimate of drug-likeness (QED) is 0.927. The van der Waals surface area contributed by atoms with Crippen molar-refractivity contribution in [2.45, 2.75) is 32.4 Å². The van der Waals surface area contributed by atoms with Gasteiger partial charge in [0.25, 0.3) is 0 Å². The number of fused-ring (bicyclic) bond motifs is 1. The summed E-state index contributed by atoms with van der Waals surface area (Å²) in [6.07, 6.45) is 2.62. The summed E-state index contributed by atoms with van der Waals surface area (Å²) in [5.41, 5.74) is 1.18. The van der Waals surface area contributed by atoms with E-state index in [0.717, 1.165) is 30.3 Å². The van der Waals surface area contributed by atoms with Crippen molar-refractivity contribution in [3.05, 3.63) is 47.9 Å². The summed E-state index contributed by atoms with van der Waals surface area (Å²) in [5.74, 6) is 2.61. The highest BCUT2D eigenvalue weighted by Gasteiger charge is 2.16. The van der Waals surface area contributed by atoms with E-state index in [1.54, 1.807) is 6.26 Å². The van der Waals surface area contributed by atoms with E-state index in [1.807, 2.05) is 18.2 Å². The molecule has 2 unspecified atom stereocenters. The summed E-state index contributed by atoms with van der Waals surface area (Å²) in [5, 5.41) is 3.53. The summed E-state index contributed by atoms with van der Waals surface area (Å²) in [7, 11) is 0. The molecular weight excluding hydrogens is 266 g/mol. The van der Waals surface area contributed by atoms with Crippen molar-refractivity contribution in [2.75, 3.05) is 13.2 Å². The van der Waals surface area contributed by atoms with Gasteiger partial charge in [-0.05, 0) is 43.7 Å². The van der Waals surface area contributed by atoms with Crippen LogP contribution in [0.2, 0.25) is 0 Å². The predicted molar refractivity (Wildman–Crippen MR) is 80.7 cm³/mol. The maximum atomic E-state index is 5.75. The Morgan fingerprint density at radius 3 is 2.57 bits per heavy atom. The Labute approximate surface area is 125 Å². The highest BCUT2D eigenvalue weighted by molar-refractivity contribution is 5.44. The number of nitrogens with one attached hydrogen (secondary N) is 1. The second kappa shape index (κ2) is 6.22. The molecule has 4 nitrogen and oxygen atoms in total. The molecule has 21 heavy (non-hydrogen) atoms. The van der Waals surface area contributed by atoms with E-state index in [1.165, 1.54) is 5.56 Å². The molecule has 1 aliphatic heterocycles. The standard InChI is InChI=1S/C17H21NO3/c1-12(18-13(2)15-5-3-8-19-15)14-6-7-16-17(11-14)21-10-4-9-20-16/h3,5-8,11-13,18H,4,9-10H2,1-2H3. The van der Waals surface area contributed by atoms with Crippen molar-refractivity contribution in [1.29, 1.82) is 0 Å². The van der Waals surface area contributed by atoms with Gasteiger partial charge in [-0.25, -0.2) is 0 Å². The largest absolute Gasteiger partial charge is 0.490 e. The fourth-order valence-corrected chi connectivity index (χ4v) is 2.54. The maximum Gasteiger partial charge on any atom is 0.161 e. The Bertz CT molecular complexity index is 580. The highest BCUT2D eigenvalue weighted by Crippen LogP contribution is 2.32. The molecule has 1 N–H and O–H groups in total. The van der Waals surface area contributed by atoms with E-state index in [2.05, 4.69) is 31.3 Å². The third kappa shape index (κ3) is 3.22. The lowest BCUT2D eigenvalue weighted by molar-refractivity contribution is 0.297. The highest BCUT2D eigenvalue weighted by atomic mass is 16.5. The Morgan fingerprint density at radius 2 is 1.81 bits per heavy atom. The first-order valence-electron chi connectivity index (χ1n) is 7.43. The van der Waals surface area contributed by atoms with Crippen LogP contribution in [0.25, 0.3) is 0 Å². The fourth-order valence-electron chi connectivity index (χ4n) is 2.54. The molecule has 0 bridgehead atoms. The van der Waals surface area contributed by atoms with Gasteiger partial charge in [-0.3, -0.25) is 0 Å². The average molecular weight is 287 g/mol. The molecule has 3 rings (SSSR count). The number of furan rings is 1. The number of hydrogen-bond acceptors (Lipinski definition) is 4. The Balaban J connectivity index is 1.72. The van der Waals surface area contributed by atoms with Crippen molar-refractivity contribution >= 4 is 0 Å². The molecule has 0 spiro atoms. The topological polar surface area (TPSA) is 43.6 Å². The fraction of sp³-hybridized carbons (Fsp3) is 0.412. The third-order valence-electron chi connectivity index (χ3n) is 3.74. The lowest BCUT2D eigenvalue weighted by Crippen LogP contribution is -2.22. The third-order valence-corrected chi connectivity index (χ3v) is 3.74. The minimum Gasteiger partial charge on any atom is -0.490 e. The first-order chi connectivity index (χ1) is 10.2. The summed E-state index contributed by atoms with van der Waals surface area (Å²) in [6.45, 7) is 5.66. The van der Waals surface area contributed by atoms with Crippen LogP contribution in [0.1, 0.15) is 43.7 Å². The van der Waals surface area contributed by atoms with Crippen LogP contribution in [0.3, 0.4) is 0 Å². The van der Waals surface area contributed by atoms with Gasteiger partial charge in [-0.2, -0.15) is 0 Å². The summed E-state index contributed by atoms with van der Waals surface area (Å²) in [4.78, 5) is 0. The van der Waals surface area contributed by atoms with E-state index in [9.17, 15) is 0 Å². The molecule has 0 radical (unpaired) electrons. The number of rotatable bonds is 4. The molecule has 1 aliphatic rings. The normalized spacial score (nSPS) is 17.0. The number of benzene rings is 1. The SMILES string of the molecule is CC(NC(C)c1ccco1)c1ccc2c(c1)OCCCO2. The molecule has 2 aromatic rings. The van der Waals surface area contributed by atoms with Crippen LogP contribution in [0.5, 0.6) is 11.5 Å². The number of ether oxygens (including phenoxy) is 2. The lowest BCUT2D eigenvalue weighted by Gasteiger charge is -2.20. The number of hydrogen-bond donors (Lipinski definition) is 1. The Hall–Kier alpha value is -1.94. The smallest absolute Gasteiger partial charge is 0.161 e. The van der Waals surface area contributed by atoms with E-state index in [4.69, 9.17) is 13.9 Å². The zero-order valence-electron chi connectivity index (χ0n) is 12.5. The van der Waals surface area contributed by atoms with Crippen LogP contribution in [0.4, 0.5) is 0 Å². The maximum absolute atomic E-state index is 5.75. The van der Waals surface area contributed by atoms with E-state index < -0.39 is 0 Å². The van der Waals surface area contributed by atoms with Gasteiger partial charge >= 0.3 is 0 Å². The Kier molecular flexibility index (Phi) is 4.15. The van der Waals surface area contributed by atoms with Gasteiger partial charge in [0.05, 0.1) is 25.5 Å². The van der Waals surface area contributed by atoms with Gasteiger partial charge in [-0.15, -0.1) is 0 Å². The molecule has 2 atom stereocenters. The van der Waals surface area contributed by atoms with Crippen molar-refractivity contribution < 1.29 is 13.9 Å². The second-order valence-corrected chi connectivity index (χ2v) is 5.38. The Morgan fingerprint density at radius 1 is 1.00 bits per heavy atom. The lowest BCUT2D eigenvalue weighted by atomic mass is 10.1. The van der Waals surface area contributed by atoms with E-state index in [-0.39, 0.29) is 12.1 Å². The van der Waals surface area contributed by atoms with Crippen LogP contribution in [0.15, 0.2) is 41.0 Å². The second-order valence-electron chi connectivity index (χ2n) is 5.38. The first-order valence-corrected chi connectivity index (χ1v) is 7.43. The molecular formula is C17H21NO3. The van der Waals surface area contributed by atoms with Gasteiger partial charge < -0.3 is 19.2 Å².